The Morgan fingerprint density at radius 3 is 1.83 bits per heavy atom. The second-order valence-electron chi connectivity index (χ2n) is 4.14. The molecule has 2 aromatic rings. The first-order valence-corrected chi connectivity index (χ1v) is 6.60. The minimum absolute atomic E-state index is 0. The zero-order valence-corrected chi connectivity index (χ0v) is 12.8. The van der Waals surface area contributed by atoms with Gasteiger partial charge in [0.1, 0.15) is 24.4 Å². The standard InChI is InChI=1S/C6H12O6.C5H5N.C3H4N2.H2O/c7-1-3(9)5(11)6(12)4(10)2-8;1-2-4-6-5-3-1;1-2-5-3-4-1;/h1,3-6,8-12H,2H2;1-5H;1-3H,(H,4,5);1H2/t3-,4+,5+,6+;;;/m0.../s1. The van der Waals surface area contributed by atoms with E-state index >= 15 is 0 Å². The number of hydrogen-bond donors (Lipinski definition) is 6. The van der Waals surface area contributed by atoms with Gasteiger partial charge in [0.05, 0.1) is 12.9 Å². The average molecular weight is 345 g/mol. The number of aliphatic hydroxyl groups excluding tert-OH is 5. The van der Waals surface area contributed by atoms with E-state index in [1.54, 1.807) is 31.1 Å². The number of carbonyl (C=O) groups excluding carboxylic acids is 1. The highest BCUT2D eigenvalue weighted by Crippen LogP contribution is 2.02. The van der Waals surface area contributed by atoms with E-state index in [1.165, 1.54) is 0 Å². The van der Waals surface area contributed by atoms with Crippen molar-refractivity contribution in [3.8, 4) is 0 Å². The number of pyridine rings is 1. The monoisotopic (exact) mass is 345 g/mol. The van der Waals surface area contributed by atoms with Gasteiger partial charge >= 0.3 is 0 Å². The normalized spacial score (nSPS) is 14.2. The molecule has 0 amide bonds. The summed E-state index contributed by atoms with van der Waals surface area (Å²) >= 11 is 0. The van der Waals surface area contributed by atoms with Gasteiger partial charge in [-0.05, 0) is 12.1 Å². The molecule has 0 aliphatic rings. The van der Waals surface area contributed by atoms with E-state index in [0.29, 0.717) is 0 Å². The van der Waals surface area contributed by atoms with Crippen LogP contribution in [0.2, 0.25) is 0 Å². The van der Waals surface area contributed by atoms with Crippen molar-refractivity contribution in [2.24, 2.45) is 0 Å². The molecule has 0 aromatic carbocycles. The number of aromatic nitrogens is 3. The van der Waals surface area contributed by atoms with Gasteiger partial charge in [-0.15, -0.1) is 0 Å². The molecule has 0 aliphatic heterocycles. The van der Waals surface area contributed by atoms with Crippen molar-refractivity contribution in [2.45, 2.75) is 24.4 Å². The number of aldehydes is 1. The van der Waals surface area contributed by atoms with Crippen molar-refractivity contribution in [1.29, 1.82) is 0 Å². The van der Waals surface area contributed by atoms with E-state index in [4.69, 9.17) is 25.5 Å². The van der Waals surface area contributed by atoms with E-state index < -0.39 is 31.0 Å². The van der Waals surface area contributed by atoms with Gasteiger partial charge in [0.15, 0.2) is 6.29 Å². The van der Waals surface area contributed by atoms with Gasteiger partial charge in [0.2, 0.25) is 0 Å². The minimum atomic E-state index is -1.79. The Morgan fingerprint density at radius 2 is 1.58 bits per heavy atom. The Kier molecular flexibility index (Phi) is 15.7. The first-order valence-electron chi connectivity index (χ1n) is 6.60. The Balaban J connectivity index is 0. The van der Waals surface area contributed by atoms with Gasteiger partial charge in [0.25, 0.3) is 0 Å². The average Bonchev–Trinajstić information content (AvgIpc) is 3.21. The van der Waals surface area contributed by atoms with Crippen LogP contribution in [0.15, 0.2) is 49.3 Å². The SMILES string of the molecule is O.O=C[C@H](O)[C@@H](O)[C@H](O)[C@H](O)CO.c1c[nH]cn1.c1ccncc1. The molecule has 24 heavy (non-hydrogen) atoms. The summed E-state index contributed by atoms with van der Waals surface area (Å²) in [5.41, 5.74) is 0. The molecular weight excluding hydrogens is 322 g/mol. The maximum absolute atomic E-state index is 9.90. The number of nitrogens with one attached hydrogen (secondary N) is 1. The smallest absolute Gasteiger partial charge is 0.151 e. The second-order valence-corrected chi connectivity index (χ2v) is 4.14. The highest BCUT2D eigenvalue weighted by Gasteiger charge is 2.29. The number of H-pyrrole nitrogens is 1. The van der Waals surface area contributed by atoms with Gasteiger partial charge < -0.3 is 40.8 Å². The molecule has 2 heterocycles. The van der Waals surface area contributed by atoms with Crippen LogP contribution >= 0.6 is 0 Å². The van der Waals surface area contributed by atoms with Crippen LogP contribution in [0.25, 0.3) is 0 Å². The number of hydrogen-bond acceptors (Lipinski definition) is 8. The predicted octanol–water partition coefficient (Wildman–Crippen LogP) is -2.71. The maximum Gasteiger partial charge on any atom is 0.151 e. The lowest BCUT2D eigenvalue weighted by atomic mass is 10.0. The molecule has 0 radical (unpaired) electrons. The summed E-state index contributed by atoms with van der Waals surface area (Å²) in [6.07, 6.45) is 1.74. The second kappa shape index (κ2) is 15.7. The minimum Gasteiger partial charge on any atom is -0.412 e. The lowest BCUT2D eigenvalue weighted by Crippen LogP contribution is -2.46. The van der Waals surface area contributed by atoms with E-state index in [1.807, 2.05) is 18.2 Å². The molecule has 0 spiro atoms. The largest absolute Gasteiger partial charge is 0.412 e. The summed E-state index contributed by atoms with van der Waals surface area (Å²) in [5.74, 6) is 0. The number of rotatable bonds is 5. The van der Waals surface area contributed by atoms with Crippen LogP contribution in [0.5, 0.6) is 0 Å². The Bertz CT molecular complexity index is 429. The maximum atomic E-state index is 9.90. The number of nitrogens with zero attached hydrogens (tertiary/aromatic N) is 2. The molecule has 10 heteroatoms. The quantitative estimate of drug-likeness (QED) is 0.315. The first kappa shape index (κ1) is 24.0. The Morgan fingerprint density at radius 1 is 0.958 bits per heavy atom. The van der Waals surface area contributed by atoms with Crippen LogP contribution < -0.4 is 0 Å². The fraction of sp³-hybridized carbons (Fsp3) is 0.357. The lowest BCUT2D eigenvalue weighted by Gasteiger charge is -2.22. The summed E-state index contributed by atoms with van der Waals surface area (Å²) in [7, 11) is 0. The fourth-order valence-corrected chi connectivity index (χ4v) is 1.15. The number of aliphatic hydroxyl groups is 5. The fourth-order valence-electron chi connectivity index (χ4n) is 1.15. The van der Waals surface area contributed by atoms with Gasteiger partial charge in [-0.1, -0.05) is 6.07 Å². The molecule has 0 saturated carbocycles. The van der Waals surface area contributed by atoms with Crippen LogP contribution in [-0.4, -0.2) is 83.3 Å². The van der Waals surface area contributed by atoms with Gasteiger partial charge in [-0.3, -0.25) is 4.98 Å². The lowest BCUT2D eigenvalue weighted by molar-refractivity contribution is -0.136. The predicted molar refractivity (Wildman–Crippen MR) is 83.6 cm³/mol. The Labute approximate surface area is 138 Å². The third-order valence-electron chi connectivity index (χ3n) is 2.39. The molecule has 0 saturated heterocycles. The molecule has 2 aromatic heterocycles. The zero-order chi connectivity index (χ0) is 17.5. The summed E-state index contributed by atoms with van der Waals surface area (Å²) in [6, 6.07) is 5.72. The van der Waals surface area contributed by atoms with Crippen molar-refractivity contribution in [3.63, 3.8) is 0 Å². The summed E-state index contributed by atoms with van der Waals surface area (Å²) in [6.45, 7) is -0.760. The van der Waals surface area contributed by atoms with E-state index in [0.717, 1.165) is 0 Å². The molecule has 8 N–H and O–H groups in total. The Hall–Kier alpha value is -2.21. The van der Waals surface area contributed by atoms with Crippen LogP contribution in [0.4, 0.5) is 0 Å². The molecule has 10 nitrogen and oxygen atoms in total. The highest BCUT2D eigenvalue weighted by molar-refractivity contribution is 5.56. The van der Waals surface area contributed by atoms with Crippen LogP contribution in [-0.2, 0) is 4.79 Å². The number of aromatic amines is 1. The van der Waals surface area contributed by atoms with Gasteiger partial charge in [-0.25, -0.2) is 4.98 Å². The number of imidazole rings is 1. The molecule has 0 bridgehead atoms. The molecule has 0 aliphatic carbocycles. The third kappa shape index (κ3) is 11.4. The van der Waals surface area contributed by atoms with Crippen molar-refractivity contribution < 1.29 is 35.8 Å². The van der Waals surface area contributed by atoms with Gasteiger partial charge in [0, 0.05) is 24.8 Å². The van der Waals surface area contributed by atoms with Crippen LogP contribution in [0, 0.1) is 0 Å². The van der Waals surface area contributed by atoms with E-state index in [2.05, 4.69) is 15.0 Å². The zero-order valence-electron chi connectivity index (χ0n) is 12.8. The summed E-state index contributed by atoms with van der Waals surface area (Å²) < 4.78 is 0. The molecule has 2 rings (SSSR count). The van der Waals surface area contributed by atoms with Crippen molar-refractivity contribution >= 4 is 6.29 Å². The highest BCUT2D eigenvalue weighted by atomic mass is 16.4. The van der Waals surface area contributed by atoms with Crippen molar-refractivity contribution in [1.82, 2.24) is 15.0 Å². The molecule has 4 atom stereocenters. The first-order chi connectivity index (χ1) is 11.0. The van der Waals surface area contributed by atoms with Crippen molar-refractivity contribution in [3.05, 3.63) is 49.3 Å². The third-order valence-corrected chi connectivity index (χ3v) is 2.39. The number of carbonyl (C=O) groups is 1. The molecule has 0 unspecified atom stereocenters. The van der Waals surface area contributed by atoms with Crippen molar-refractivity contribution in [2.75, 3.05) is 6.61 Å². The molecule has 0 fully saturated rings. The topological polar surface area (TPSA) is 191 Å². The molecule has 136 valence electrons. The van der Waals surface area contributed by atoms with E-state index in [9.17, 15) is 4.79 Å². The molecular formula is C14H23N3O7. The summed E-state index contributed by atoms with van der Waals surface area (Å²) in [5, 5.41) is 43.5. The summed E-state index contributed by atoms with van der Waals surface area (Å²) in [4.78, 5) is 20.1. The van der Waals surface area contributed by atoms with Crippen LogP contribution in [0.1, 0.15) is 0 Å². The van der Waals surface area contributed by atoms with Crippen LogP contribution in [0.3, 0.4) is 0 Å². The van der Waals surface area contributed by atoms with E-state index in [-0.39, 0.29) is 11.8 Å². The van der Waals surface area contributed by atoms with Gasteiger partial charge in [-0.2, -0.15) is 0 Å².